The second-order valence-electron chi connectivity index (χ2n) is 4.36. The van der Waals surface area contributed by atoms with Crippen LogP contribution in [0.4, 0.5) is 0 Å². The van der Waals surface area contributed by atoms with Crippen molar-refractivity contribution >= 4 is 17.7 Å². The highest BCUT2D eigenvalue weighted by Gasteiger charge is 2.16. The Kier molecular flexibility index (Phi) is 6.23. The van der Waals surface area contributed by atoms with Crippen molar-refractivity contribution in [3.8, 4) is 0 Å². The van der Waals surface area contributed by atoms with Crippen LogP contribution < -0.4 is 16.4 Å². The number of ether oxygens (including phenoxy) is 1. The minimum Gasteiger partial charge on any atom is -0.379 e. The Morgan fingerprint density at radius 2 is 1.89 bits per heavy atom. The van der Waals surface area contributed by atoms with E-state index >= 15 is 0 Å². The minimum atomic E-state index is -0.747. The normalized spacial score (nSPS) is 17.5. The summed E-state index contributed by atoms with van der Waals surface area (Å²) < 4.78 is 5.16. The Morgan fingerprint density at radius 3 is 2.47 bits per heavy atom. The highest BCUT2D eigenvalue weighted by Crippen LogP contribution is 1.95. The van der Waals surface area contributed by atoms with E-state index in [-0.39, 0.29) is 19.0 Å². The molecule has 1 rings (SSSR count). The zero-order valence-electron chi connectivity index (χ0n) is 11.0. The molecule has 0 aromatic heterocycles. The summed E-state index contributed by atoms with van der Waals surface area (Å²) in [7, 11) is 0. The molecule has 0 aromatic carbocycles. The molecule has 1 aliphatic heterocycles. The van der Waals surface area contributed by atoms with E-state index in [1.54, 1.807) is 0 Å². The van der Waals surface area contributed by atoms with Crippen molar-refractivity contribution in [2.24, 2.45) is 5.73 Å². The summed E-state index contributed by atoms with van der Waals surface area (Å²) in [6.45, 7) is 4.20. The lowest BCUT2D eigenvalue weighted by molar-refractivity contribution is -0.129. The summed E-state index contributed by atoms with van der Waals surface area (Å²) in [5.74, 6) is -1.29. The van der Waals surface area contributed by atoms with Gasteiger partial charge in [0.2, 0.25) is 17.7 Å². The topological polar surface area (TPSA) is 114 Å². The van der Waals surface area contributed by atoms with Crippen LogP contribution in [0.15, 0.2) is 0 Å². The smallest absolute Gasteiger partial charge is 0.240 e. The van der Waals surface area contributed by atoms with Gasteiger partial charge < -0.3 is 21.1 Å². The van der Waals surface area contributed by atoms with Gasteiger partial charge in [0.05, 0.1) is 26.3 Å². The molecule has 0 aromatic rings. The zero-order valence-corrected chi connectivity index (χ0v) is 11.0. The lowest BCUT2D eigenvalue weighted by Crippen LogP contribution is -2.48. The first kappa shape index (κ1) is 15.4. The molecule has 1 fully saturated rings. The van der Waals surface area contributed by atoms with Crippen molar-refractivity contribution in [3.63, 3.8) is 0 Å². The third-order valence-corrected chi connectivity index (χ3v) is 2.72. The summed E-state index contributed by atoms with van der Waals surface area (Å²) in [5, 5.41) is 4.86. The summed E-state index contributed by atoms with van der Waals surface area (Å²) in [4.78, 5) is 35.6. The molecule has 0 bridgehead atoms. The fourth-order valence-electron chi connectivity index (χ4n) is 1.56. The molecular weight excluding hydrogens is 252 g/mol. The number of carbonyl (C=O) groups excluding carboxylic acids is 3. The highest BCUT2D eigenvalue weighted by molar-refractivity contribution is 5.89. The van der Waals surface area contributed by atoms with Gasteiger partial charge in [-0.3, -0.25) is 19.3 Å². The molecule has 8 nitrogen and oxygen atoms in total. The fourth-order valence-corrected chi connectivity index (χ4v) is 1.56. The molecule has 1 unspecified atom stereocenters. The predicted octanol–water partition coefficient (Wildman–Crippen LogP) is -2.58. The van der Waals surface area contributed by atoms with E-state index in [4.69, 9.17) is 10.5 Å². The van der Waals surface area contributed by atoms with E-state index in [2.05, 4.69) is 10.6 Å². The first-order valence-electron chi connectivity index (χ1n) is 6.14. The first-order valence-corrected chi connectivity index (χ1v) is 6.14. The predicted molar refractivity (Wildman–Crippen MR) is 67.1 cm³/mol. The summed E-state index contributed by atoms with van der Waals surface area (Å²) in [5.41, 5.74) is 5.00. The average Bonchev–Trinajstić information content (AvgIpc) is 2.37. The second kappa shape index (κ2) is 7.70. The second-order valence-corrected chi connectivity index (χ2v) is 4.36. The molecule has 0 aliphatic carbocycles. The molecule has 0 spiro atoms. The molecule has 3 amide bonds. The summed E-state index contributed by atoms with van der Waals surface area (Å²) in [6.07, 6.45) is 0. The largest absolute Gasteiger partial charge is 0.379 e. The quantitative estimate of drug-likeness (QED) is 0.491. The number of nitrogens with one attached hydrogen (secondary N) is 2. The van der Waals surface area contributed by atoms with E-state index in [1.807, 2.05) is 4.90 Å². The van der Waals surface area contributed by atoms with Crippen molar-refractivity contribution in [3.05, 3.63) is 0 Å². The molecule has 19 heavy (non-hydrogen) atoms. The van der Waals surface area contributed by atoms with Crippen LogP contribution in [0, 0.1) is 0 Å². The lowest BCUT2D eigenvalue weighted by Gasteiger charge is -2.25. The van der Waals surface area contributed by atoms with Crippen LogP contribution in [0.5, 0.6) is 0 Å². The Balaban J connectivity index is 2.18. The molecular formula is C11H20N4O4. The van der Waals surface area contributed by atoms with Gasteiger partial charge in [-0.15, -0.1) is 0 Å². The first-order chi connectivity index (χ1) is 8.99. The maximum absolute atomic E-state index is 11.6. The third kappa shape index (κ3) is 6.16. The molecule has 4 N–H and O–H groups in total. The van der Waals surface area contributed by atoms with Gasteiger partial charge in [0.15, 0.2) is 0 Å². The van der Waals surface area contributed by atoms with E-state index in [0.29, 0.717) is 26.3 Å². The maximum atomic E-state index is 11.6. The van der Waals surface area contributed by atoms with Gasteiger partial charge in [0.25, 0.3) is 0 Å². The Bertz CT molecular complexity index is 342. The molecule has 108 valence electrons. The van der Waals surface area contributed by atoms with Crippen LogP contribution in [-0.2, 0) is 19.1 Å². The van der Waals surface area contributed by atoms with Gasteiger partial charge in [-0.25, -0.2) is 0 Å². The monoisotopic (exact) mass is 272 g/mol. The minimum absolute atomic E-state index is 0.166. The van der Waals surface area contributed by atoms with Gasteiger partial charge in [-0.2, -0.15) is 0 Å². The van der Waals surface area contributed by atoms with E-state index in [9.17, 15) is 14.4 Å². The number of morpholine rings is 1. The van der Waals surface area contributed by atoms with Crippen molar-refractivity contribution in [2.45, 2.75) is 13.0 Å². The average molecular weight is 272 g/mol. The van der Waals surface area contributed by atoms with E-state index in [1.165, 1.54) is 6.92 Å². The lowest BCUT2D eigenvalue weighted by atomic mass is 10.3. The Morgan fingerprint density at radius 1 is 1.26 bits per heavy atom. The molecule has 0 saturated carbocycles. The molecule has 1 saturated heterocycles. The number of rotatable bonds is 6. The third-order valence-electron chi connectivity index (χ3n) is 2.72. The number of hydrogen-bond acceptors (Lipinski definition) is 5. The van der Waals surface area contributed by atoms with E-state index in [0.717, 1.165) is 0 Å². The van der Waals surface area contributed by atoms with Crippen LogP contribution in [0.25, 0.3) is 0 Å². The van der Waals surface area contributed by atoms with Gasteiger partial charge >= 0.3 is 0 Å². The fraction of sp³-hybridized carbons (Fsp3) is 0.727. The number of amides is 3. The molecule has 1 aliphatic rings. The number of hydrogen-bond donors (Lipinski definition) is 3. The van der Waals surface area contributed by atoms with Crippen molar-refractivity contribution < 1.29 is 19.1 Å². The van der Waals surface area contributed by atoms with Gasteiger partial charge in [-0.05, 0) is 6.92 Å². The van der Waals surface area contributed by atoms with Crippen molar-refractivity contribution in [2.75, 3.05) is 39.4 Å². The molecule has 8 heteroatoms. The van der Waals surface area contributed by atoms with Crippen LogP contribution >= 0.6 is 0 Å². The Labute approximate surface area is 111 Å². The molecule has 1 heterocycles. The van der Waals surface area contributed by atoms with Crippen LogP contribution in [0.2, 0.25) is 0 Å². The van der Waals surface area contributed by atoms with Gasteiger partial charge in [0, 0.05) is 13.1 Å². The van der Waals surface area contributed by atoms with Crippen molar-refractivity contribution in [1.82, 2.24) is 15.5 Å². The standard InChI is InChI=1S/C11H20N4O4/c1-8(11(12)18)14-9(16)6-13-10(17)7-15-2-4-19-5-3-15/h8H,2-7H2,1H3,(H2,12,18)(H,13,17)(H,14,16). The van der Waals surface area contributed by atoms with E-state index < -0.39 is 17.9 Å². The van der Waals surface area contributed by atoms with Gasteiger partial charge in [-0.1, -0.05) is 0 Å². The van der Waals surface area contributed by atoms with Crippen molar-refractivity contribution in [1.29, 1.82) is 0 Å². The maximum Gasteiger partial charge on any atom is 0.240 e. The zero-order chi connectivity index (χ0) is 14.3. The number of primary amides is 1. The molecule has 0 radical (unpaired) electrons. The summed E-state index contributed by atoms with van der Waals surface area (Å²) in [6, 6.07) is -0.747. The van der Waals surface area contributed by atoms with Crippen LogP contribution in [-0.4, -0.2) is 68.1 Å². The van der Waals surface area contributed by atoms with Gasteiger partial charge in [0.1, 0.15) is 6.04 Å². The highest BCUT2D eigenvalue weighted by atomic mass is 16.5. The Hall–Kier alpha value is -1.67. The summed E-state index contributed by atoms with van der Waals surface area (Å²) >= 11 is 0. The number of carbonyl (C=O) groups is 3. The molecule has 1 atom stereocenters. The van der Waals surface area contributed by atoms with Crippen LogP contribution in [0.3, 0.4) is 0 Å². The van der Waals surface area contributed by atoms with Crippen LogP contribution in [0.1, 0.15) is 6.92 Å². The number of nitrogens with two attached hydrogens (primary N) is 1. The SMILES string of the molecule is CC(NC(=O)CNC(=O)CN1CCOCC1)C(N)=O. The number of nitrogens with zero attached hydrogens (tertiary/aromatic N) is 1.